The first kappa shape index (κ1) is 23.7. The SMILES string of the molecule is O=C(CCCN1CC[C@@H]2CCCC[C@H]2C1)c1ccc(F)cc1.O=C(O)/C=C\C(=O)O. The lowest BCUT2D eigenvalue weighted by Gasteiger charge is -2.41. The molecule has 2 N–H and O–H groups in total. The highest BCUT2D eigenvalue weighted by molar-refractivity contribution is 5.95. The predicted octanol–water partition coefficient (Wildman–Crippen LogP) is 4.01. The maximum atomic E-state index is 12.9. The van der Waals surface area contributed by atoms with Crippen molar-refractivity contribution in [1.29, 1.82) is 0 Å². The Hall–Kier alpha value is -2.54. The fourth-order valence-electron chi connectivity index (χ4n) is 4.27. The number of piperidine rings is 1. The van der Waals surface area contributed by atoms with E-state index in [1.165, 1.54) is 57.3 Å². The Morgan fingerprint density at radius 3 is 2.17 bits per heavy atom. The fraction of sp³-hybridized carbons (Fsp3) is 0.522. The topological polar surface area (TPSA) is 94.9 Å². The molecule has 1 saturated carbocycles. The second-order valence-corrected chi connectivity index (χ2v) is 7.94. The first-order chi connectivity index (χ1) is 14.3. The summed E-state index contributed by atoms with van der Waals surface area (Å²) in [7, 11) is 0. The molecule has 30 heavy (non-hydrogen) atoms. The Morgan fingerprint density at radius 1 is 0.967 bits per heavy atom. The van der Waals surface area contributed by atoms with Gasteiger partial charge < -0.3 is 15.1 Å². The molecular formula is C23H30FNO5. The van der Waals surface area contributed by atoms with Gasteiger partial charge in [0.25, 0.3) is 0 Å². The number of hydrogen-bond donors (Lipinski definition) is 2. The summed E-state index contributed by atoms with van der Waals surface area (Å²) >= 11 is 0. The van der Waals surface area contributed by atoms with E-state index in [1.54, 1.807) is 12.1 Å². The van der Waals surface area contributed by atoms with Crippen LogP contribution >= 0.6 is 0 Å². The van der Waals surface area contributed by atoms with Crippen LogP contribution < -0.4 is 0 Å². The summed E-state index contributed by atoms with van der Waals surface area (Å²) in [5.41, 5.74) is 0.632. The molecule has 7 heteroatoms. The van der Waals surface area contributed by atoms with Gasteiger partial charge in [-0.3, -0.25) is 4.79 Å². The molecule has 0 amide bonds. The van der Waals surface area contributed by atoms with Crippen LogP contribution in [0.3, 0.4) is 0 Å². The molecule has 2 atom stereocenters. The zero-order valence-corrected chi connectivity index (χ0v) is 17.1. The maximum Gasteiger partial charge on any atom is 0.328 e. The molecule has 1 aromatic rings. The molecule has 2 fully saturated rings. The Morgan fingerprint density at radius 2 is 1.57 bits per heavy atom. The van der Waals surface area contributed by atoms with Crippen LogP contribution in [0.25, 0.3) is 0 Å². The Bertz CT molecular complexity index is 730. The minimum atomic E-state index is -1.26. The van der Waals surface area contributed by atoms with Gasteiger partial charge in [0.2, 0.25) is 0 Å². The van der Waals surface area contributed by atoms with Gasteiger partial charge in [-0.2, -0.15) is 0 Å². The second-order valence-electron chi connectivity index (χ2n) is 7.94. The number of rotatable bonds is 7. The summed E-state index contributed by atoms with van der Waals surface area (Å²) in [4.78, 5) is 33.7. The number of carbonyl (C=O) groups excluding carboxylic acids is 1. The van der Waals surface area contributed by atoms with Crippen molar-refractivity contribution in [3.8, 4) is 0 Å². The summed E-state index contributed by atoms with van der Waals surface area (Å²) in [6.45, 7) is 3.46. The van der Waals surface area contributed by atoms with Gasteiger partial charge >= 0.3 is 11.9 Å². The van der Waals surface area contributed by atoms with Crippen molar-refractivity contribution >= 4 is 17.7 Å². The van der Waals surface area contributed by atoms with Gasteiger partial charge in [0.15, 0.2) is 5.78 Å². The number of halogens is 1. The first-order valence-electron chi connectivity index (χ1n) is 10.5. The molecular weight excluding hydrogens is 389 g/mol. The molecule has 3 rings (SSSR count). The lowest BCUT2D eigenvalue weighted by atomic mass is 9.75. The third-order valence-corrected chi connectivity index (χ3v) is 5.79. The number of aliphatic carboxylic acids is 2. The zero-order valence-electron chi connectivity index (χ0n) is 17.1. The summed E-state index contributed by atoms with van der Waals surface area (Å²) in [5, 5.41) is 15.6. The molecule has 0 aromatic heterocycles. The number of hydrogen-bond acceptors (Lipinski definition) is 4. The third-order valence-electron chi connectivity index (χ3n) is 5.79. The van der Waals surface area contributed by atoms with E-state index in [0.29, 0.717) is 24.1 Å². The van der Waals surface area contributed by atoms with Gasteiger partial charge in [-0.1, -0.05) is 19.3 Å². The molecule has 1 saturated heterocycles. The lowest BCUT2D eigenvalue weighted by Crippen LogP contribution is -2.42. The van der Waals surface area contributed by atoms with E-state index in [9.17, 15) is 18.8 Å². The fourth-order valence-corrected chi connectivity index (χ4v) is 4.27. The van der Waals surface area contributed by atoms with Crippen LogP contribution in [-0.2, 0) is 9.59 Å². The minimum Gasteiger partial charge on any atom is -0.478 e. The van der Waals surface area contributed by atoms with Crippen molar-refractivity contribution in [3.05, 3.63) is 47.8 Å². The van der Waals surface area contributed by atoms with Gasteiger partial charge in [0, 0.05) is 30.7 Å². The molecule has 0 bridgehead atoms. The van der Waals surface area contributed by atoms with Gasteiger partial charge in [0.1, 0.15) is 5.82 Å². The van der Waals surface area contributed by atoms with Gasteiger partial charge in [-0.25, -0.2) is 14.0 Å². The second kappa shape index (κ2) is 12.2. The van der Waals surface area contributed by atoms with Crippen LogP contribution in [0.5, 0.6) is 0 Å². The average molecular weight is 419 g/mol. The van der Waals surface area contributed by atoms with Crippen molar-refractivity contribution in [2.75, 3.05) is 19.6 Å². The minimum absolute atomic E-state index is 0.132. The number of fused-ring (bicyclic) bond motifs is 1. The quantitative estimate of drug-likeness (QED) is 0.512. The molecule has 1 aliphatic carbocycles. The summed E-state index contributed by atoms with van der Waals surface area (Å²) in [5.74, 6) is -0.805. The van der Waals surface area contributed by atoms with Crippen molar-refractivity contribution < 1.29 is 29.0 Å². The number of benzene rings is 1. The number of ketones is 1. The summed E-state index contributed by atoms with van der Waals surface area (Å²) in [6.07, 6.45) is 9.59. The van der Waals surface area contributed by atoms with E-state index < -0.39 is 11.9 Å². The highest BCUT2D eigenvalue weighted by Crippen LogP contribution is 2.36. The molecule has 2 aliphatic rings. The van der Waals surface area contributed by atoms with Crippen molar-refractivity contribution in [2.45, 2.75) is 44.9 Å². The van der Waals surface area contributed by atoms with Crippen LogP contribution in [0.15, 0.2) is 36.4 Å². The molecule has 1 aromatic carbocycles. The Kier molecular flexibility index (Phi) is 9.67. The van der Waals surface area contributed by atoms with Gasteiger partial charge in [0.05, 0.1) is 0 Å². The summed E-state index contributed by atoms with van der Waals surface area (Å²) in [6, 6.07) is 5.90. The van der Waals surface area contributed by atoms with Gasteiger partial charge in [-0.05, 0) is 68.5 Å². The molecule has 0 spiro atoms. The van der Waals surface area contributed by atoms with Crippen LogP contribution in [0, 0.1) is 17.7 Å². The zero-order chi connectivity index (χ0) is 21.9. The highest BCUT2D eigenvalue weighted by atomic mass is 19.1. The highest BCUT2D eigenvalue weighted by Gasteiger charge is 2.30. The Labute approximate surface area is 176 Å². The number of Topliss-reactive ketones (excluding diaryl/α,β-unsaturated/α-hetero) is 1. The summed E-state index contributed by atoms with van der Waals surface area (Å²) < 4.78 is 12.9. The van der Waals surface area contributed by atoms with Crippen LogP contribution in [-0.4, -0.2) is 52.5 Å². The first-order valence-corrected chi connectivity index (χ1v) is 10.5. The van der Waals surface area contributed by atoms with E-state index in [4.69, 9.17) is 10.2 Å². The number of likely N-dealkylation sites (tertiary alicyclic amines) is 1. The van der Waals surface area contributed by atoms with Crippen molar-refractivity contribution in [1.82, 2.24) is 4.90 Å². The molecule has 1 aliphatic heterocycles. The van der Waals surface area contributed by atoms with Crippen LogP contribution in [0.1, 0.15) is 55.3 Å². The number of nitrogens with zero attached hydrogens (tertiary/aromatic N) is 1. The standard InChI is InChI=1S/C19H26FNO.C4H4O4/c20-18-9-7-16(8-10-18)19(22)6-3-12-21-13-11-15-4-1-2-5-17(15)14-21;5-3(6)1-2-4(7)8/h7-10,15,17H,1-6,11-14H2;1-2H,(H,5,6)(H,7,8)/b;2-1-/t15-,17-;/m0./s1. The largest absolute Gasteiger partial charge is 0.478 e. The average Bonchev–Trinajstić information content (AvgIpc) is 2.73. The molecule has 6 nitrogen and oxygen atoms in total. The van der Waals surface area contributed by atoms with E-state index in [0.717, 1.165) is 24.8 Å². The predicted molar refractivity (Wildman–Crippen MR) is 111 cm³/mol. The number of carbonyl (C=O) groups is 3. The Balaban J connectivity index is 0.000000343. The molecule has 1 heterocycles. The van der Waals surface area contributed by atoms with Crippen LogP contribution in [0.4, 0.5) is 4.39 Å². The van der Waals surface area contributed by atoms with Gasteiger partial charge in [-0.15, -0.1) is 0 Å². The van der Waals surface area contributed by atoms with E-state index >= 15 is 0 Å². The maximum absolute atomic E-state index is 12.9. The number of carboxylic acid groups (broad SMARTS) is 2. The van der Waals surface area contributed by atoms with E-state index in [-0.39, 0.29) is 11.6 Å². The lowest BCUT2D eigenvalue weighted by molar-refractivity contribution is -0.134. The molecule has 0 unspecified atom stereocenters. The normalized spacial score (nSPS) is 21.4. The van der Waals surface area contributed by atoms with E-state index in [1.807, 2.05) is 0 Å². The van der Waals surface area contributed by atoms with E-state index in [2.05, 4.69) is 4.90 Å². The van der Waals surface area contributed by atoms with Crippen molar-refractivity contribution in [3.63, 3.8) is 0 Å². The molecule has 0 radical (unpaired) electrons. The molecule has 164 valence electrons. The van der Waals surface area contributed by atoms with Crippen molar-refractivity contribution in [2.24, 2.45) is 11.8 Å². The third kappa shape index (κ3) is 8.45. The smallest absolute Gasteiger partial charge is 0.328 e. The van der Waals surface area contributed by atoms with Crippen LogP contribution in [0.2, 0.25) is 0 Å². The number of carboxylic acids is 2. The monoisotopic (exact) mass is 419 g/mol.